The molecule has 2 unspecified atom stereocenters. The molecular formula is C13H29N3O. The fraction of sp³-hybridized carbons (Fsp3) is 0.923. The summed E-state index contributed by atoms with van der Waals surface area (Å²) in [6.45, 7) is 9.37. The Hall–Kier alpha value is -0.610. The average molecular weight is 243 g/mol. The third-order valence-electron chi connectivity index (χ3n) is 3.10. The van der Waals surface area contributed by atoms with Crippen molar-refractivity contribution in [2.45, 2.75) is 46.1 Å². The number of nitrogens with two attached hydrogens (primary N) is 1. The average Bonchev–Trinajstić information content (AvgIpc) is 2.28. The van der Waals surface area contributed by atoms with Gasteiger partial charge in [-0.05, 0) is 38.9 Å². The molecule has 102 valence electrons. The molecule has 4 nitrogen and oxygen atoms in total. The summed E-state index contributed by atoms with van der Waals surface area (Å²) in [5.41, 5.74) is 5.37. The number of hydrogen-bond donors (Lipinski definition) is 2. The van der Waals surface area contributed by atoms with Gasteiger partial charge in [-0.2, -0.15) is 0 Å². The minimum atomic E-state index is -0.240. The normalized spacial score (nSPS) is 14.9. The Balaban J connectivity index is 3.90. The van der Waals surface area contributed by atoms with Crippen molar-refractivity contribution in [2.75, 3.05) is 26.7 Å². The molecule has 17 heavy (non-hydrogen) atoms. The number of carbonyl (C=O) groups is 1. The lowest BCUT2D eigenvalue weighted by atomic mass is 10.1. The zero-order valence-electron chi connectivity index (χ0n) is 11.8. The molecule has 0 aliphatic heterocycles. The first-order chi connectivity index (χ1) is 8.01. The molecule has 3 N–H and O–H groups in total. The standard InChI is InChI=1S/C13H29N3O/c1-5-8-15-12(13(14)17)7-9-16(4)10-11(3)6-2/h11-12,15H,5-10H2,1-4H3,(H2,14,17). The van der Waals surface area contributed by atoms with Crippen LogP contribution in [0.25, 0.3) is 0 Å². The molecule has 0 aliphatic rings. The van der Waals surface area contributed by atoms with Crippen LogP contribution in [0.5, 0.6) is 0 Å². The third-order valence-corrected chi connectivity index (χ3v) is 3.10. The lowest BCUT2D eigenvalue weighted by Gasteiger charge is -2.23. The molecule has 1 amide bonds. The van der Waals surface area contributed by atoms with E-state index in [2.05, 4.69) is 38.0 Å². The van der Waals surface area contributed by atoms with E-state index in [0.29, 0.717) is 5.92 Å². The molecule has 4 heteroatoms. The van der Waals surface area contributed by atoms with Gasteiger partial charge in [0.15, 0.2) is 0 Å². The summed E-state index contributed by atoms with van der Waals surface area (Å²) in [6.07, 6.45) is 3.01. The van der Waals surface area contributed by atoms with Crippen LogP contribution in [-0.2, 0) is 4.79 Å². The lowest BCUT2D eigenvalue weighted by Crippen LogP contribution is -2.43. The Morgan fingerprint density at radius 1 is 1.41 bits per heavy atom. The summed E-state index contributed by atoms with van der Waals surface area (Å²) < 4.78 is 0. The summed E-state index contributed by atoms with van der Waals surface area (Å²) in [7, 11) is 2.10. The van der Waals surface area contributed by atoms with Crippen LogP contribution in [0, 0.1) is 5.92 Å². The molecule has 0 aromatic rings. The number of amides is 1. The minimum absolute atomic E-state index is 0.186. The van der Waals surface area contributed by atoms with Crippen molar-refractivity contribution in [1.82, 2.24) is 10.2 Å². The summed E-state index contributed by atoms with van der Waals surface area (Å²) in [6, 6.07) is -0.186. The molecule has 2 atom stereocenters. The molecule has 0 saturated carbocycles. The first kappa shape index (κ1) is 16.4. The lowest BCUT2D eigenvalue weighted by molar-refractivity contribution is -0.120. The monoisotopic (exact) mass is 243 g/mol. The van der Waals surface area contributed by atoms with Crippen LogP contribution < -0.4 is 11.1 Å². The third kappa shape index (κ3) is 8.16. The Morgan fingerprint density at radius 3 is 2.53 bits per heavy atom. The quantitative estimate of drug-likeness (QED) is 0.606. The minimum Gasteiger partial charge on any atom is -0.368 e. The fourth-order valence-corrected chi connectivity index (χ4v) is 1.77. The van der Waals surface area contributed by atoms with Crippen LogP contribution in [0.2, 0.25) is 0 Å². The van der Waals surface area contributed by atoms with Crippen molar-refractivity contribution in [3.63, 3.8) is 0 Å². The van der Waals surface area contributed by atoms with Crippen LogP contribution in [0.1, 0.15) is 40.0 Å². The second-order valence-electron chi connectivity index (χ2n) is 4.97. The van der Waals surface area contributed by atoms with E-state index >= 15 is 0 Å². The van der Waals surface area contributed by atoms with E-state index in [1.807, 2.05) is 0 Å². The number of rotatable bonds is 10. The highest BCUT2D eigenvalue weighted by Gasteiger charge is 2.15. The molecular weight excluding hydrogens is 214 g/mol. The van der Waals surface area contributed by atoms with Gasteiger partial charge in [0, 0.05) is 6.54 Å². The van der Waals surface area contributed by atoms with Crippen LogP contribution in [0.4, 0.5) is 0 Å². The molecule has 0 aromatic heterocycles. The van der Waals surface area contributed by atoms with Gasteiger partial charge in [0.05, 0.1) is 6.04 Å². The van der Waals surface area contributed by atoms with E-state index in [1.165, 1.54) is 6.42 Å². The van der Waals surface area contributed by atoms with Gasteiger partial charge < -0.3 is 16.0 Å². The van der Waals surface area contributed by atoms with Gasteiger partial charge in [0.1, 0.15) is 0 Å². The largest absolute Gasteiger partial charge is 0.368 e. The summed E-state index contributed by atoms with van der Waals surface area (Å²) in [5, 5.41) is 3.19. The van der Waals surface area contributed by atoms with Crippen molar-refractivity contribution in [1.29, 1.82) is 0 Å². The van der Waals surface area contributed by atoms with Gasteiger partial charge in [-0.15, -0.1) is 0 Å². The van der Waals surface area contributed by atoms with Gasteiger partial charge in [-0.3, -0.25) is 4.79 Å². The molecule has 0 aliphatic carbocycles. The van der Waals surface area contributed by atoms with E-state index in [-0.39, 0.29) is 11.9 Å². The molecule has 0 aromatic carbocycles. The fourth-order valence-electron chi connectivity index (χ4n) is 1.77. The molecule has 0 spiro atoms. The molecule has 0 saturated heterocycles. The SMILES string of the molecule is CCCNC(CCN(C)CC(C)CC)C(N)=O. The van der Waals surface area contributed by atoms with E-state index in [4.69, 9.17) is 5.73 Å². The second kappa shape index (κ2) is 9.42. The van der Waals surface area contributed by atoms with Crippen molar-refractivity contribution >= 4 is 5.91 Å². The molecule has 0 radical (unpaired) electrons. The van der Waals surface area contributed by atoms with Crippen LogP contribution >= 0.6 is 0 Å². The number of carbonyl (C=O) groups excluding carboxylic acids is 1. The van der Waals surface area contributed by atoms with Gasteiger partial charge in [0.2, 0.25) is 5.91 Å². The van der Waals surface area contributed by atoms with Crippen LogP contribution in [0.15, 0.2) is 0 Å². The van der Waals surface area contributed by atoms with Crippen molar-refractivity contribution < 1.29 is 4.79 Å². The van der Waals surface area contributed by atoms with Gasteiger partial charge in [-0.1, -0.05) is 27.2 Å². The van der Waals surface area contributed by atoms with E-state index in [1.54, 1.807) is 0 Å². The van der Waals surface area contributed by atoms with E-state index < -0.39 is 0 Å². The number of hydrogen-bond acceptors (Lipinski definition) is 3. The zero-order valence-corrected chi connectivity index (χ0v) is 11.8. The predicted molar refractivity (Wildman–Crippen MR) is 72.8 cm³/mol. The van der Waals surface area contributed by atoms with Gasteiger partial charge >= 0.3 is 0 Å². The summed E-state index contributed by atoms with van der Waals surface area (Å²) in [4.78, 5) is 13.5. The predicted octanol–water partition coefficient (Wildman–Crippen LogP) is 1.21. The number of nitrogens with one attached hydrogen (secondary N) is 1. The first-order valence-electron chi connectivity index (χ1n) is 6.72. The van der Waals surface area contributed by atoms with Crippen molar-refractivity contribution in [3.8, 4) is 0 Å². The summed E-state index contributed by atoms with van der Waals surface area (Å²) >= 11 is 0. The Bertz CT molecular complexity index is 209. The molecule has 0 rings (SSSR count). The van der Waals surface area contributed by atoms with Crippen LogP contribution in [-0.4, -0.2) is 43.5 Å². The van der Waals surface area contributed by atoms with Crippen molar-refractivity contribution in [3.05, 3.63) is 0 Å². The van der Waals surface area contributed by atoms with Crippen molar-refractivity contribution in [2.24, 2.45) is 11.7 Å². The van der Waals surface area contributed by atoms with Gasteiger partial charge in [-0.25, -0.2) is 0 Å². The maximum absolute atomic E-state index is 11.2. The number of nitrogens with zero attached hydrogens (tertiary/aromatic N) is 1. The zero-order chi connectivity index (χ0) is 13.3. The Morgan fingerprint density at radius 2 is 2.06 bits per heavy atom. The van der Waals surface area contributed by atoms with Gasteiger partial charge in [0.25, 0.3) is 0 Å². The van der Waals surface area contributed by atoms with E-state index in [0.717, 1.165) is 32.5 Å². The molecule has 0 heterocycles. The summed E-state index contributed by atoms with van der Waals surface area (Å²) in [5.74, 6) is 0.464. The second-order valence-corrected chi connectivity index (χ2v) is 4.97. The highest BCUT2D eigenvalue weighted by atomic mass is 16.1. The highest BCUT2D eigenvalue weighted by molar-refractivity contribution is 5.79. The number of primary amides is 1. The highest BCUT2D eigenvalue weighted by Crippen LogP contribution is 2.04. The molecule has 0 fully saturated rings. The Labute approximate surface area is 106 Å². The van der Waals surface area contributed by atoms with E-state index in [9.17, 15) is 4.79 Å². The topological polar surface area (TPSA) is 58.4 Å². The first-order valence-corrected chi connectivity index (χ1v) is 6.72. The Kier molecular flexibility index (Phi) is 9.09. The molecule has 0 bridgehead atoms. The smallest absolute Gasteiger partial charge is 0.234 e. The maximum Gasteiger partial charge on any atom is 0.234 e. The maximum atomic E-state index is 11.2. The van der Waals surface area contributed by atoms with Crippen LogP contribution in [0.3, 0.4) is 0 Å².